The summed E-state index contributed by atoms with van der Waals surface area (Å²) in [6.45, 7) is 11.7. The lowest BCUT2D eigenvalue weighted by molar-refractivity contribution is -0.0129. The van der Waals surface area contributed by atoms with Gasteiger partial charge in [0.25, 0.3) is 0 Å². The Balaban J connectivity index is 3.51. The molecule has 0 saturated heterocycles. The van der Waals surface area contributed by atoms with Gasteiger partial charge in [-0.25, -0.2) is 0 Å². The van der Waals surface area contributed by atoms with Crippen molar-refractivity contribution in [2.75, 3.05) is 33.0 Å². The molecule has 23 heavy (non-hydrogen) atoms. The lowest BCUT2D eigenvalue weighted by atomic mass is 10.1. The van der Waals surface area contributed by atoms with Gasteiger partial charge in [0.15, 0.2) is 0 Å². The van der Waals surface area contributed by atoms with Crippen LogP contribution in [0.1, 0.15) is 59.8 Å². The summed E-state index contributed by atoms with van der Waals surface area (Å²) in [7, 11) is 0. The van der Waals surface area contributed by atoms with Crippen molar-refractivity contribution in [2.45, 2.75) is 66.0 Å². The zero-order chi connectivity index (χ0) is 17.3. The number of hydrogen-bond donors (Lipinski definition) is 0. The maximum absolute atomic E-state index is 8.57. The SMILES string of the molecule is CC(C)CCCCC(N=[N+]=[N-])OCCOCCOCCC(C)C. The number of hydrogen-bond acceptors (Lipinski definition) is 4. The largest absolute Gasteiger partial charge is 0.379 e. The van der Waals surface area contributed by atoms with Gasteiger partial charge in [-0.15, -0.1) is 0 Å². The van der Waals surface area contributed by atoms with Gasteiger partial charge in [-0.3, -0.25) is 0 Å². The Morgan fingerprint density at radius 2 is 1.35 bits per heavy atom. The highest BCUT2D eigenvalue weighted by atomic mass is 16.5. The van der Waals surface area contributed by atoms with Crippen molar-refractivity contribution >= 4 is 0 Å². The van der Waals surface area contributed by atoms with E-state index in [2.05, 4.69) is 37.7 Å². The van der Waals surface area contributed by atoms with Crippen LogP contribution >= 0.6 is 0 Å². The fourth-order valence-corrected chi connectivity index (χ4v) is 1.99. The Morgan fingerprint density at radius 1 is 0.783 bits per heavy atom. The highest BCUT2D eigenvalue weighted by Crippen LogP contribution is 2.12. The summed E-state index contributed by atoms with van der Waals surface area (Å²) in [4.78, 5) is 2.85. The Labute approximate surface area is 141 Å². The molecule has 0 rings (SSSR count). The van der Waals surface area contributed by atoms with Gasteiger partial charge in [0.05, 0.1) is 26.4 Å². The Morgan fingerprint density at radius 3 is 1.96 bits per heavy atom. The van der Waals surface area contributed by atoms with Gasteiger partial charge >= 0.3 is 0 Å². The van der Waals surface area contributed by atoms with E-state index in [1.165, 1.54) is 6.42 Å². The maximum atomic E-state index is 8.57. The minimum absolute atomic E-state index is 0.377. The smallest absolute Gasteiger partial charge is 0.136 e. The molecule has 6 nitrogen and oxygen atoms in total. The number of unbranched alkanes of at least 4 members (excludes halogenated alkanes) is 1. The molecule has 1 unspecified atom stereocenters. The van der Waals surface area contributed by atoms with Crippen LogP contribution in [-0.2, 0) is 14.2 Å². The van der Waals surface area contributed by atoms with E-state index >= 15 is 0 Å². The summed E-state index contributed by atoms with van der Waals surface area (Å²) in [5.74, 6) is 1.38. The summed E-state index contributed by atoms with van der Waals surface area (Å²) >= 11 is 0. The van der Waals surface area contributed by atoms with Gasteiger partial charge in [0, 0.05) is 11.5 Å². The summed E-state index contributed by atoms with van der Waals surface area (Å²) in [6, 6.07) is 0. The zero-order valence-electron chi connectivity index (χ0n) is 15.4. The molecular formula is C17H35N3O3. The van der Waals surface area contributed by atoms with Gasteiger partial charge in [-0.2, -0.15) is 0 Å². The molecule has 0 saturated carbocycles. The van der Waals surface area contributed by atoms with Crippen LogP contribution in [0.2, 0.25) is 0 Å². The molecule has 0 aliphatic rings. The highest BCUT2D eigenvalue weighted by molar-refractivity contribution is 4.58. The number of ether oxygens (including phenoxy) is 3. The van der Waals surface area contributed by atoms with Crippen molar-refractivity contribution < 1.29 is 14.2 Å². The zero-order valence-corrected chi connectivity index (χ0v) is 15.4. The first kappa shape index (κ1) is 22.2. The quantitative estimate of drug-likeness (QED) is 0.174. The molecule has 0 spiro atoms. The third-order valence-corrected chi connectivity index (χ3v) is 3.41. The molecule has 0 heterocycles. The number of rotatable bonds is 16. The lowest BCUT2D eigenvalue weighted by Crippen LogP contribution is -2.15. The Hall–Kier alpha value is -0.810. The van der Waals surface area contributed by atoms with Crippen LogP contribution in [0.3, 0.4) is 0 Å². The van der Waals surface area contributed by atoms with Crippen molar-refractivity contribution in [1.82, 2.24) is 0 Å². The van der Waals surface area contributed by atoms with Crippen LogP contribution in [-0.4, -0.2) is 39.3 Å². The van der Waals surface area contributed by atoms with Gasteiger partial charge in [0.1, 0.15) is 6.23 Å². The predicted molar refractivity (Wildman–Crippen MR) is 93.3 cm³/mol. The Bertz CT molecular complexity index is 305. The van der Waals surface area contributed by atoms with E-state index in [0.29, 0.717) is 38.3 Å². The second-order valence-corrected chi connectivity index (χ2v) is 6.62. The molecule has 0 bridgehead atoms. The molecule has 0 aromatic carbocycles. The van der Waals surface area contributed by atoms with E-state index in [1.807, 2.05) is 0 Å². The van der Waals surface area contributed by atoms with E-state index in [-0.39, 0.29) is 6.23 Å². The second kappa shape index (κ2) is 16.1. The normalized spacial score (nSPS) is 12.6. The van der Waals surface area contributed by atoms with Crippen molar-refractivity contribution in [1.29, 1.82) is 0 Å². The van der Waals surface area contributed by atoms with Gasteiger partial charge in [0.2, 0.25) is 0 Å². The highest BCUT2D eigenvalue weighted by Gasteiger charge is 2.06. The molecule has 136 valence electrons. The first-order chi connectivity index (χ1) is 11.1. The van der Waals surface area contributed by atoms with Crippen LogP contribution in [0.15, 0.2) is 5.11 Å². The maximum Gasteiger partial charge on any atom is 0.136 e. The van der Waals surface area contributed by atoms with Gasteiger partial charge in [-0.1, -0.05) is 52.1 Å². The average molecular weight is 329 g/mol. The van der Waals surface area contributed by atoms with Crippen LogP contribution in [0.5, 0.6) is 0 Å². The molecule has 0 aromatic rings. The molecule has 0 fully saturated rings. The molecule has 0 amide bonds. The van der Waals surface area contributed by atoms with Crippen molar-refractivity contribution in [3.05, 3.63) is 10.4 Å². The van der Waals surface area contributed by atoms with Gasteiger partial charge in [-0.05, 0) is 30.2 Å². The van der Waals surface area contributed by atoms with Crippen molar-refractivity contribution in [3.63, 3.8) is 0 Å². The van der Waals surface area contributed by atoms with Gasteiger partial charge < -0.3 is 14.2 Å². The van der Waals surface area contributed by atoms with E-state index in [1.54, 1.807) is 0 Å². The molecule has 0 radical (unpaired) electrons. The molecule has 6 heteroatoms. The molecule has 0 aliphatic heterocycles. The number of nitrogens with zero attached hydrogens (tertiary/aromatic N) is 3. The van der Waals surface area contributed by atoms with E-state index < -0.39 is 0 Å². The third kappa shape index (κ3) is 17.4. The van der Waals surface area contributed by atoms with E-state index in [9.17, 15) is 0 Å². The van der Waals surface area contributed by atoms with Crippen LogP contribution in [0, 0.1) is 11.8 Å². The molecule has 0 aromatic heterocycles. The van der Waals surface area contributed by atoms with Crippen molar-refractivity contribution in [3.8, 4) is 0 Å². The first-order valence-electron chi connectivity index (χ1n) is 8.87. The second-order valence-electron chi connectivity index (χ2n) is 6.62. The van der Waals surface area contributed by atoms with E-state index in [0.717, 1.165) is 32.3 Å². The van der Waals surface area contributed by atoms with Crippen LogP contribution in [0.4, 0.5) is 0 Å². The minimum Gasteiger partial charge on any atom is -0.379 e. The first-order valence-corrected chi connectivity index (χ1v) is 8.87. The lowest BCUT2D eigenvalue weighted by Gasteiger charge is -2.13. The topological polar surface area (TPSA) is 76.5 Å². The fraction of sp³-hybridized carbons (Fsp3) is 1.00. The fourth-order valence-electron chi connectivity index (χ4n) is 1.99. The van der Waals surface area contributed by atoms with Crippen LogP contribution < -0.4 is 0 Å². The van der Waals surface area contributed by atoms with Crippen LogP contribution in [0.25, 0.3) is 10.4 Å². The molecule has 0 N–H and O–H groups in total. The predicted octanol–water partition coefficient (Wildman–Crippen LogP) is 4.94. The molecule has 1 atom stereocenters. The molecular weight excluding hydrogens is 294 g/mol. The standard InChI is InChI=1S/C17H35N3O3/c1-15(2)7-5-6-8-17(19-20-18)23-14-13-22-12-11-21-10-9-16(3)4/h15-17H,5-14H2,1-4H3. The summed E-state index contributed by atoms with van der Waals surface area (Å²) in [5, 5.41) is 3.69. The summed E-state index contributed by atoms with van der Waals surface area (Å²) < 4.78 is 16.5. The monoisotopic (exact) mass is 329 g/mol. The third-order valence-electron chi connectivity index (χ3n) is 3.41. The van der Waals surface area contributed by atoms with Crippen molar-refractivity contribution in [2.24, 2.45) is 17.0 Å². The summed E-state index contributed by atoms with van der Waals surface area (Å²) in [5.41, 5.74) is 8.57. The number of azide groups is 1. The van der Waals surface area contributed by atoms with E-state index in [4.69, 9.17) is 19.7 Å². The summed E-state index contributed by atoms with van der Waals surface area (Å²) in [6.07, 6.45) is 4.83. The average Bonchev–Trinajstić information content (AvgIpc) is 2.49. The Kier molecular flexibility index (Phi) is 15.5. The minimum atomic E-state index is -0.377. The molecule has 0 aliphatic carbocycles.